The van der Waals surface area contributed by atoms with Gasteiger partial charge in [-0.2, -0.15) is 0 Å². The van der Waals surface area contributed by atoms with Gasteiger partial charge in [0.05, 0.1) is 5.92 Å². The van der Waals surface area contributed by atoms with Crippen LogP contribution < -0.4 is 0 Å². The Hall–Kier alpha value is -1.96. The number of hydrogen-bond donors (Lipinski definition) is 0. The van der Waals surface area contributed by atoms with E-state index in [0.717, 1.165) is 35.9 Å². The molecule has 0 radical (unpaired) electrons. The molecule has 0 bridgehead atoms. The summed E-state index contributed by atoms with van der Waals surface area (Å²) < 4.78 is 0. The Morgan fingerprint density at radius 1 is 1.24 bits per heavy atom. The third-order valence-corrected chi connectivity index (χ3v) is 2.56. The van der Waals surface area contributed by atoms with Crippen molar-refractivity contribution >= 4 is 6.29 Å². The normalized spacial score (nSPS) is 11.5. The highest BCUT2D eigenvalue weighted by atomic mass is 16.1. The summed E-state index contributed by atoms with van der Waals surface area (Å²) in [7, 11) is 0. The zero-order chi connectivity index (χ0) is 12.7. The third-order valence-electron chi connectivity index (χ3n) is 2.56. The third kappa shape index (κ3) is 3.25. The minimum absolute atomic E-state index is 0.296. The van der Waals surface area contributed by atoms with Crippen molar-refractivity contribution in [3.05, 3.63) is 67.0 Å². The number of aromatic nitrogens is 1. The van der Waals surface area contributed by atoms with Crippen LogP contribution in [-0.4, -0.2) is 11.3 Å². The molecule has 0 saturated carbocycles. The molecule has 1 heterocycles. The molecule has 88 valence electrons. The number of carbonyl (C=O) groups is 1. The second kappa shape index (κ2) is 6.59. The van der Waals surface area contributed by atoms with E-state index in [1.807, 2.05) is 18.2 Å². The minimum atomic E-state index is -0.296. The van der Waals surface area contributed by atoms with Gasteiger partial charge in [0.15, 0.2) is 0 Å². The van der Waals surface area contributed by atoms with Gasteiger partial charge in [-0.1, -0.05) is 18.2 Å². The summed E-state index contributed by atoms with van der Waals surface area (Å²) in [5.41, 5.74) is 2.93. The van der Waals surface area contributed by atoms with Crippen molar-refractivity contribution < 1.29 is 4.79 Å². The summed E-state index contributed by atoms with van der Waals surface area (Å²) in [5, 5.41) is 0. The van der Waals surface area contributed by atoms with Gasteiger partial charge < -0.3 is 4.79 Å². The van der Waals surface area contributed by atoms with Crippen molar-refractivity contribution in [2.24, 2.45) is 0 Å². The lowest BCUT2D eigenvalue weighted by molar-refractivity contribution is -0.108. The SMILES string of the molecule is C=CCc1cc(CC=C)c(C(C=C)C=O)cn1. The first kappa shape index (κ1) is 13.1. The quantitative estimate of drug-likeness (QED) is 0.529. The van der Waals surface area contributed by atoms with Gasteiger partial charge in [-0.15, -0.1) is 19.7 Å². The molecule has 1 atom stereocenters. The number of allylic oxidation sites excluding steroid dienone is 3. The summed E-state index contributed by atoms with van der Waals surface area (Å²) in [6.07, 6.45) is 9.34. The maximum absolute atomic E-state index is 11.0. The molecular formula is C15H17NO. The van der Waals surface area contributed by atoms with Crippen molar-refractivity contribution in [1.29, 1.82) is 0 Å². The minimum Gasteiger partial charge on any atom is -0.302 e. The monoisotopic (exact) mass is 227 g/mol. The predicted molar refractivity (Wildman–Crippen MR) is 71.0 cm³/mol. The van der Waals surface area contributed by atoms with Crippen LogP contribution in [-0.2, 0) is 17.6 Å². The molecule has 17 heavy (non-hydrogen) atoms. The highest BCUT2D eigenvalue weighted by Gasteiger charge is 2.11. The lowest BCUT2D eigenvalue weighted by atomic mass is 9.94. The standard InChI is InChI=1S/C15H17NO/c1-4-7-13-9-14(8-5-2)16-10-15(13)12(6-3)11-17/h4-6,9-12H,1-3,7-8H2. The Morgan fingerprint density at radius 3 is 2.47 bits per heavy atom. The summed E-state index contributed by atoms with van der Waals surface area (Å²) in [6.45, 7) is 11.1. The lowest BCUT2D eigenvalue weighted by Crippen LogP contribution is -2.04. The lowest BCUT2D eigenvalue weighted by Gasteiger charge is -2.12. The van der Waals surface area contributed by atoms with E-state index in [-0.39, 0.29) is 5.92 Å². The van der Waals surface area contributed by atoms with Crippen LogP contribution in [0.5, 0.6) is 0 Å². The fourth-order valence-electron chi connectivity index (χ4n) is 1.70. The molecule has 0 aromatic carbocycles. The summed E-state index contributed by atoms with van der Waals surface area (Å²) in [4.78, 5) is 15.3. The number of nitrogens with zero attached hydrogens (tertiary/aromatic N) is 1. The zero-order valence-electron chi connectivity index (χ0n) is 9.93. The fraction of sp³-hybridized carbons (Fsp3) is 0.200. The summed E-state index contributed by atoms with van der Waals surface area (Å²) >= 11 is 0. The molecule has 1 aromatic heterocycles. The Bertz CT molecular complexity index is 427. The molecule has 0 spiro atoms. The van der Waals surface area contributed by atoms with Crippen LogP contribution in [0.4, 0.5) is 0 Å². The van der Waals surface area contributed by atoms with Crippen molar-refractivity contribution in [2.75, 3.05) is 0 Å². The highest BCUT2D eigenvalue weighted by molar-refractivity contribution is 5.66. The largest absolute Gasteiger partial charge is 0.302 e. The number of hydrogen-bond acceptors (Lipinski definition) is 2. The Kier molecular flexibility index (Phi) is 5.08. The molecule has 0 N–H and O–H groups in total. The van der Waals surface area contributed by atoms with Crippen molar-refractivity contribution in [3.63, 3.8) is 0 Å². The van der Waals surface area contributed by atoms with Crippen LogP contribution in [0.25, 0.3) is 0 Å². The van der Waals surface area contributed by atoms with E-state index >= 15 is 0 Å². The Morgan fingerprint density at radius 2 is 1.94 bits per heavy atom. The molecule has 0 aliphatic carbocycles. The number of aldehydes is 1. The first-order valence-corrected chi connectivity index (χ1v) is 5.54. The molecule has 0 amide bonds. The van der Waals surface area contributed by atoms with E-state index < -0.39 is 0 Å². The summed E-state index contributed by atoms with van der Waals surface area (Å²) in [5.74, 6) is -0.296. The molecule has 2 heteroatoms. The van der Waals surface area contributed by atoms with Crippen LogP contribution >= 0.6 is 0 Å². The van der Waals surface area contributed by atoms with Gasteiger partial charge in [0.2, 0.25) is 0 Å². The average Bonchev–Trinajstić information content (AvgIpc) is 2.34. The maximum Gasteiger partial charge on any atom is 0.131 e. The van der Waals surface area contributed by atoms with Crippen LogP contribution in [0.15, 0.2) is 50.2 Å². The first-order chi connectivity index (χ1) is 8.26. The zero-order valence-corrected chi connectivity index (χ0v) is 9.93. The van der Waals surface area contributed by atoms with E-state index in [4.69, 9.17) is 0 Å². The van der Waals surface area contributed by atoms with Crippen molar-refractivity contribution in [1.82, 2.24) is 4.98 Å². The van der Waals surface area contributed by atoms with Crippen molar-refractivity contribution in [2.45, 2.75) is 18.8 Å². The van der Waals surface area contributed by atoms with Gasteiger partial charge in [-0.25, -0.2) is 0 Å². The summed E-state index contributed by atoms with van der Waals surface area (Å²) in [6, 6.07) is 2.00. The van der Waals surface area contributed by atoms with Gasteiger partial charge in [-0.3, -0.25) is 4.98 Å². The van der Waals surface area contributed by atoms with Crippen LogP contribution in [0, 0.1) is 0 Å². The Labute approximate surface area is 102 Å². The van der Waals surface area contributed by atoms with E-state index in [2.05, 4.69) is 24.7 Å². The smallest absolute Gasteiger partial charge is 0.131 e. The van der Waals surface area contributed by atoms with Crippen LogP contribution in [0.3, 0.4) is 0 Å². The highest BCUT2D eigenvalue weighted by Crippen LogP contribution is 2.20. The van der Waals surface area contributed by atoms with E-state index in [9.17, 15) is 4.79 Å². The van der Waals surface area contributed by atoms with Gasteiger partial charge in [0.1, 0.15) is 6.29 Å². The molecule has 0 fully saturated rings. The number of rotatable bonds is 7. The molecular weight excluding hydrogens is 210 g/mol. The van der Waals surface area contributed by atoms with E-state index in [1.165, 1.54) is 0 Å². The van der Waals surface area contributed by atoms with Gasteiger partial charge in [0.25, 0.3) is 0 Å². The Balaban J connectivity index is 3.19. The van der Waals surface area contributed by atoms with E-state index in [0.29, 0.717) is 0 Å². The molecule has 0 saturated heterocycles. The second-order valence-electron chi connectivity index (χ2n) is 3.76. The number of carbonyl (C=O) groups excluding carboxylic acids is 1. The second-order valence-corrected chi connectivity index (χ2v) is 3.76. The van der Waals surface area contributed by atoms with Crippen molar-refractivity contribution in [3.8, 4) is 0 Å². The van der Waals surface area contributed by atoms with E-state index in [1.54, 1.807) is 12.3 Å². The van der Waals surface area contributed by atoms with Gasteiger partial charge in [0, 0.05) is 18.3 Å². The number of pyridine rings is 1. The molecule has 2 nitrogen and oxygen atoms in total. The molecule has 1 aromatic rings. The average molecular weight is 227 g/mol. The van der Waals surface area contributed by atoms with Gasteiger partial charge in [-0.05, 0) is 23.6 Å². The topological polar surface area (TPSA) is 30.0 Å². The molecule has 0 aliphatic heterocycles. The molecule has 1 unspecified atom stereocenters. The maximum atomic E-state index is 11.0. The molecule has 1 rings (SSSR count). The van der Waals surface area contributed by atoms with Crippen LogP contribution in [0.1, 0.15) is 22.7 Å². The first-order valence-electron chi connectivity index (χ1n) is 5.54. The van der Waals surface area contributed by atoms with Gasteiger partial charge >= 0.3 is 0 Å². The fourth-order valence-corrected chi connectivity index (χ4v) is 1.70. The predicted octanol–water partition coefficient (Wildman–Crippen LogP) is 3.01. The molecule has 0 aliphatic rings. The van der Waals surface area contributed by atoms with Crippen LogP contribution in [0.2, 0.25) is 0 Å².